The summed E-state index contributed by atoms with van der Waals surface area (Å²) in [5.74, 6) is 2.70. The first-order valence-corrected chi connectivity index (χ1v) is 7.56. The Morgan fingerprint density at radius 3 is 1.95 bits per heavy atom. The van der Waals surface area contributed by atoms with Crippen molar-refractivity contribution in [2.75, 3.05) is 21.3 Å². The van der Waals surface area contributed by atoms with Crippen LogP contribution in [0.25, 0.3) is 0 Å². The molecule has 0 bridgehead atoms. The number of rotatable bonds is 6. The molecular formula is C17H19BrO4. The zero-order valence-electron chi connectivity index (χ0n) is 13.1. The molecule has 0 fully saturated rings. The van der Waals surface area contributed by atoms with E-state index in [1.54, 1.807) is 21.3 Å². The summed E-state index contributed by atoms with van der Waals surface area (Å²) in [6.07, 6.45) is 0. The molecule has 0 aliphatic heterocycles. The van der Waals surface area contributed by atoms with Crippen molar-refractivity contribution < 1.29 is 18.9 Å². The SMILES string of the molecule is COc1ccc(COc2c(OC)cc(C)cc2OC)cc1Br. The quantitative estimate of drug-likeness (QED) is 0.760. The second kappa shape index (κ2) is 7.40. The molecule has 2 aromatic rings. The highest BCUT2D eigenvalue weighted by Crippen LogP contribution is 2.39. The topological polar surface area (TPSA) is 36.9 Å². The molecule has 0 amide bonds. The molecule has 4 nitrogen and oxygen atoms in total. The molecule has 0 N–H and O–H groups in total. The maximum Gasteiger partial charge on any atom is 0.203 e. The number of aryl methyl sites for hydroxylation is 1. The zero-order chi connectivity index (χ0) is 16.1. The van der Waals surface area contributed by atoms with Crippen LogP contribution < -0.4 is 18.9 Å². The molecule has 0 radical (unpaired) electrons. The molecular weight excluding hydrogens is 348 g/mol. The van der Waals surface area contributed by atoms with E-state index in [4.69, 9.17) is 18.9 Å². The van der Waals surface area contributed by atoms with Gasteiger partial charge in [-0.05, 0) is 58.2 Å². The molecule has 0 aliphatic rings. The van der Waals surface area contributed by atoms with E-state index < -0.39 is 0 Å². The lowest BCUT2D eigenvalue weighted by Crippen LogP contribution is -2.01. The van der Waals surface area contributed by atoms with E-state index in [9.17, 15) is 0 Å². The van der Waals surface area contributed by atoms with Gasteiger partial charge in [0, 0.05) is 0 Å². The van der Waals surface area contributed by atoms with E-state index in [0.29, 0.717) is 23.9 Å². The molecule has 0 spiro atoms. The average Bonchev–Trinajstić information content (AvgIpc) is 2.52. The normalized spacial score (nSPS) is 10.2. The van der Waals surface area contributed by atoms with E-state index in [1.807, 2.05) is 37.3 Å². The summed E-state index contributed by atoms with van der Waals surface area (Å²) in [5, 5.41) is 0. The Hall–Kier alpha value is -1.88. The molecule has 2 rings (SSSR count). The standard InChI is InChI=1S/C17H19BrO4/c1-11-7-15(20-3)17(16(8-11)21-4)22-10-12-5-6-14(19-2)13(18)9-12/h5-9H,10H2,1-4H3. The summed E-state index contributed by atoms with van der Waals surface area (Å²) in [7, 11) is 4.87. The minimum Gasteiger partial charge on any atom is -0.496 e. The third-order valence-electron chi connectivity index (χ3n) is 3.20. The smallest absolute Gasteiger partial charge is 0.203 e. The lowest BCUT2D eigenvalue weighted by molar-refractivity contribution is 0.265. The van der Waals surface area contributed by atoms with Gasteiger partial charge in [0.1, 0.15) is 12.4 Å². The molecule has 2 aromatic carbocycles. The zero-order valence-corrected chi connectivity index (χ0v) is 14.7. The third-order valence-corrected chi connectivity index (χ3v) is 3.82. The van der Waals surface area contributed by atoms with Gasteiger partial charge < -0.3 is 18.9 Å². The van der Waals surface area contributed by atoms with Crippen LogP contribution in [0.4, 0.5) is 0 Å². The molecule has 0 heterocycles. The van der Waals surface area contributed by atoms with Crippen molar-refractivity contribution in [1.82, 2.24) is 0 Å². The van der Waals surface area contributed by atoms with Crippen LogP contribution >= 0.6 is 15.9 Å². The van der Waals surface area contributed by atoms with Gasteiger partial charge in [0.05, 0.1) is 25.8 Å². The third kappa shape index (κ3) is 3.65. The van der Waals surface area contributed by atoms with Gasteiger partial charge in [0.15, 0.2) is 11.5 Å². The Bertz CT molecular complexity index is 630. The van der Waals surface area contributed by atoms with Crippen LogP contribution in [0.3, 0.4) is 0 Å². The number of methoxy groups -OCH3 is 3. The van der Waals surface area contributed by atoms with Gasteiger partial charge in [-0.2, -0.15) is 0 Å². The maximum absolute atomic E-state index is 5.91. The number of hydrogen-bond donors (Lipinski definition) is 0. The lowest BCUT2D eigenvalue weighted by atomic mass is 10.2. The van der Waals surface area contributed by atoms with Gasteiger partial charge in [-0.15, -0.1) is 0 Å². The molecule has 0 saturated heterocycles. The maximum atomic E-state index is 5.91. The second-order valence-corrected chi connectivity index (χ2v) is 5.61. The molecule has 0 atom stereocenters. The minimum absolute atomic E-state index is 0.401. The highest BCUT2D eigenvalue weighted by Gasteiger charge is 2.13. The fourth-order valence-electron chi connectivity index (χ4n) is 2.11. The van der Waals surface area contributed by atoms with Gasteiger partial charge in [-0.3, -0.25) is 0 Å². The first kappa shape index (κ1) is 16.5. The van der Waals surface area contributed by atoms with Crippen LogP contribution in [0.1, 0.15) is 11.1 Å². The van der Waals surface area contributed by atoms with Crippen molar-refractivity contribution in [1.29, 1.82) is 0 Å². The van der Waals surface area contributed by atoms with Crippen LogP contribution in [0.5, 0.6) is 23.0 Å². The number of benzene rings is 2. The van der Waals surface area contributed by atoms with Crippen molar-refractivity contribution in [3.05, 3.63) is 45.9 Å². The Labute approximate surface area is 139 Å². The van der Waals surface area contributed by atoms with E-state index in [-0.39, 0.29) is 0 Å². The fourth-order valence-corrected chi connectivity index (χ4v) is 2.70. The van der Waals surface area contributed by atoms with Crippen LogP contribution in [-0.4, -0.2) is 21.3 Å². The summed E-state index contributed by atoms with van der Waals surface area (Å²) < 4.78 is 22.8. The van der Waals surface area contributed by atoms with Crippen LogP contribution in [0.15, 0.2) is 34.8 Å². The highest BCUT2D eigenvalue weighted by molar-refractivity contribution is 9.10. The van der Waals surface area contributed by atoms with E-state index in [0.717, 1.165) is 21.3 Å². The fraction of sp³-hybridized carbons (Fsp3) is 0.294. The van der Waals surface area contributed by atoms with Crippen molar-refractivity contribution in [3.8, 4) is 23.0 Å². The first-order chi connectivity index (χ1) is 10.6. The first-order valence-electron chi connectivity index (χ1n) is 6.77. The largest absolute Gasteiger partial charge is 0.496 e. The molecule has 5 heteroatoms. The minimum atomic E-state index is 0.401. The lowest BCUT2D eigenvalue weighted by Gasteiger charge is -2.15. The molecule has 0 saturated carbocycles. The van der Waals surface area contributed by atoms with Crippen LogP contribution in [-0.2, 0) is 6.61 Å². The van der Waals surface area contributed by atoms with E-state index in [2.05, 4.69) is 15.9 Å². The van der Waals surface area contributed by atoms with Gasteiger partial charge in [-0.1, -0.05) is 6.07 Å². The summed E-state index contributed by atoms with van der Waals surface area (Å²) in [6.45, 7) is 2.38. The molecule has 0 unspecified atom stereocenters. The Balaban J connectivity index is 2.22. The Morgan fingerprint density at radius 2 is 1.45 bits per heavy atom. The summed E-state index contributed by atoms with van der Waals surface area (Å²) in [5.41, 5.74) is 2.06. The number of ether oxygens (including phenoxy) is 4. The van der Waals surface area contributed by atoms with Gasteiger partial charge in [0.25, 0.3) is 0 Å². The predicted octanol–water partition coefficient (Wildman–Crippen LogP) is 4.36. The summed E-state index contributed by atoms with van der Waals surface area (Å²) in [6, 6.07) is 9.65. The summed E-state index contributed by atoms with van der Waals surface area (Å²) >= 11 is 3.47. The molecule has 0 aromatic heterocycles. The number of hydrogen-bond acceptors (Lipinski definition) is 4. The van der Waals surface area contributed by atoms with Crippen molar-refractivity contribution in [2.24, 2.45) is 0 Å². The highest BCUT2D eigenvalue weighted by atomic mass is 79.9. The Morgan fingerprint density at radius 1 is 0.864 bits per heavy atom. The van der Waals surface area contributed by atoms with Crippen LogP contribution in [0, 0.1) is 6.92 Å². The average molecular weight is 367 g/mol. The molecule has 0 aliphatic carbocycles. The predicted molar refractivity (Wildman–Crippen MR) is 89.3 cm³/mol. The van der Waals surface area contributed by atoms with E-state index in [1.165, 1.54) is 0 Å². The molecule has 22 heavy (non-hydrogen) atoms. The molecule has 118 valence electrons. The van der Waals surface area contributed by atoms with Crippen LogP contribution in [0.2, 0.25) is 0 Å². The van der Waals surface area contributed by atoms with Crippen molar-refractivity contribution in [3.63, 3.8) is 0 Å². The number of halogens is 1. The van der Waals surface area contributed by atoms with Gasteiger partial charge in [-0.25, -0.2) is 0 Å². The monoisotopic (exact) mass is 366 g/mol. The second-order valence-electron chi connectivity index (χ2n) is 4.76. The van der Waals surface area contributed by atoms with Gasteiger partial charge in [0.2, 0.25) is 5.75 Å². The van der Waals surface area contributed by atoms with Crippen molar-refractivity contribution in [2.45, 2.75) is 13.5 Å². The Kier molecular flexibility index (Phi) is 5.55. The van der Waals surface area contributed by atoms with E-state index >= 15 is 0 Å². The summed E-state index contributed by atoms with van der Waals surface area (Å²) in [4.78, 5) is 0. The van der Waals surface area contributed by atoms with Gasteiger partial charge >= 0.3 is 0 Å². The van der Waals surface area contributed by atoms with Crippen molar-refractivity contribution >= 4 is 15.9 Å².